The number of rotatable bonds is 4. The van der Waals surface area contributed by atoms with E-state index in [1.165, 1.54) is 30.3 Å². The third-order valence-electron chi connectivity index (χ3n) is 4.04. The maximum absolute atomic E-state index is 14.4. The molecule has 0 spiro atoms. The molecule has 2 aromatic rings. The molecule has 0 bridgehead atoms. The molecular weight excluding hydrogens is 456 g/mol. The highest BCUT2D eigenvalue weighted by molar-refractivity contribution is 9.09. The van der Waals surface area contributed by atoms with E-state index in [0.717, 1.165) is 6.07 Å². The van der Waals surface area contributed by atoms with Crippen LogP contribution in [0.5, 0.6) is 0 Å². The van der Waals surface area contributed by atoms with Gasteiger partial charge in [-0.05, 0) is 18.2 Å². The van der Waals surface area contributed by atoms with Crippen LogP contribution in [0.15, 0.2) is 57.6 Å². The van der Waals surface area contributed by atoms with Crippen molar-refractivity contribution in [2.24, 2.45) is 15.1 Å². The fourth-order valence-corrected chi connectivity index (χ4v) is 2.99. The molecule has 1 heterocycles. The largest absolute Gasteiger partial charge is 0.418 e. The second-order valence-electron chi connectivity index (χ2n) is 5.98. The summed E-state index contributed by atoms with van der Waals surface area (Å²) in [4.78, 5) is 8.40. The Labute approximate surface area is 172 Å². The third kappa shape index (κ3) is 4.70. The highest BCUT2D eigenvalue weighted by Gasteiger charge is 2.36. The summed E-state index contributed by atoms with van der Waals surface area (Å²) in [5.41, 5.74) is 1.73. The molecule has 1 aliphatic heterocycles. The van der Waals surface area contributed by atoms with Crippen LogP contribution >= 0.6 is 15.9 Å². The average molecular weight is 471 g/mol. The summed E-state index contributed by atoms with van der Waals surface area (Å²) in [6, 6.07) is 9.28. The monoisotopic (exact) mass is 470 g/mol. The van der Waals surface area contributed by atoms with Crippen LogP contribution in [0, 0.1) is 5.82 Å². The predicted octanol–water partition coefficient (Wildman–Crippen LogP) is 4.06. The number of nitrogens with zero attached hydrogens (tertiary/aromatic N) is 3. The predicted molar refractivity (Wildman–Crippen MR) is 107 cm³/mol. The topological polar surface area (TPSA) is 69.3 Å². The maximum atomic E-state index is 14.4. The highest BCUT2D eigenvalue weighted by atomic mass is 79.9. The highest BCUT2D eigenvalue weighted by Crippen LogP contribution is 2.40. The molecule has 2 N–H and O–H groups in total. The molecule has 0 unspecified atom stereocenters. The summed E-state index contributed by atoms with van der Waals surface area (Å²) < 4.78 is 55.2. The van der Waals surface area contributed by atoms with E-state index in [1.807, 2.05) is 0 Å². The Balaban J connectivity index is 2.18. The Morgan fingerprint density at radius 3 is 2.52 bits per heavy atom. The van der Waals surface area contributed by atoms with Crippen molar-refractivity contribution in [3.8, 4) is 0 Å². The number of para-hydroxylation sites is 1. The van der Waals surface area contributed by atoms with Gasteiger partial charge in [0.25, 0.3) is 0 Å². The van der Waals surface area contributed by atoms with Crippen molar-refractivity contribution in [2.75, 3.05) is 18.5 Å². The zero-order chi connectivity index (χ0) is 21.0. The Hall–Kier alpha value is -2.59. The summed E-state index contributed by atoms with van der Waals surface area (Å²) in [5, 5.41) is 13.4. The number of halogens is 5. The standard InChI is InChI=1S/C19H15BrF4N4O/c20-8-11(10-29)27-28-16-9-25-17(12-4-1-2-7-15(12)21)13-5-3-6-14(18(13)26-16)19(22,23)24/h1-7,29H,8-10H2,(H,26,28). The summed E-state index contributed by atoms with van der Waals surface area (Å²) >= 11 is 3.14. The molecule has 0 radical (unpaired) electrons. The van der Waals surface area contributed by atoms with Gasteiger partial charge in [0.05, 0.1) is 35.8 Å². The van der Waals surface area contributed by atoms with E-state index in [2.05, 4.69) is 36.4 Å². The van der Waals surface area contributed by atoms with E-state index in [0.29, 0.717) is 5.71 Å². The van der Waals surface area contributed by atoms with E-state index < -0.39 is 17.6 Å². The van der Waals surface area contributed by atoms with Crippen molar-refractivity contribution in [1.29, 1.82) is 0 Å². The molecule has 3 rings (SSSR count). The van der Waals surface area contributed by atoms with Crippen molar-refractivity contribution in [2.45, 2.75) is 6.18 Å². The normalized spacial score (nSPS) is 14.6. The molecule has 0 atom stereocenters. The Kier molecular flexibility index (Phi) is 6.43. The Bertz CT molecular complexity index is 996. The summed E-state index contributed by atoms with van der Waals surface area (Å²) in [6.07, 6.45) is -4.67. The van der Waals surface area contributed by atoms with Crippen molar-refractivity contribution in [3.63, 3.8) is 0 Å². The number of alkyl halides is 4. The number of amidine groups is 1. The second-order valence-corrected chi connectivity index (χ2v) is 6.54. The number of fused-ring (bicyclic) bond motifs is 1. The fraction of sp³-hybridized carbons (Fsp3) is 0.211. The molecule has 1 aliphatic rings. The van der Waals surface area contributed by atoms with Crippen LogP contribution in [0.4, 0.5) is 23.2 Å². The van der Waals surface area contributed by atoms with Gasteiger partial charge < -0.3 is 5.11 Å². The van der Waals surface area contributed by atoms with E-state index in [4.69, 9.17) is 0 Å². The van der Waals surface area contributed by atoms with Gasteiger partial charge in [0.15, 0.2) is 0 Å². The first-order chi connectivity index (χ1) is 13.8. The molecule has 5 nitrogen and oxygen atoms in total. The Morgan fingerprint density at radius 1 is 1.14 bits per heavy atom. The summed E-state index contributed by atoms with van der Waals surface area (Å²) in [5.74, 6) is -0.577. The van der Waals surface area contributed by atoms with Crippen LogP contribution in [-0.2, 0) is 6.18 Å². The summed E-state index contributed by atoms with van der Waals surface area (Å²) in [7, 11) is 0. The first-order valence-corrected chi connectivity index (χ1v) is 9.53. The van der Waals surface area contributed by atoms with Gasteiger partial charge in [0.1, 0.15) is 11.7 Å². The maximum Gasteiger partial charge on any atom is 0.418 e. The lowest BCUT2D eigenvalue weighted by molar-refractivity contribution is -0.137. The van der Waals surface area contributed by atoms with Crippen LogP contribution in [0.25, 0.3) is 0 Å². The number of hydrogen-bond acceptors (Lipinski definition) is 5. The van der Waals surface area contributed by atoms with Gasteiger partial charge in [0, 0.05) is 16.5 Å². The number of hydrogen-bond donors (Lipinski definition) is 2. The first-order valence-electron chi connectivity index (χ1n) is 8.41. The number of hydrazone groups is 1. The zero-order valence-corrected chi connectivity index (χ0v) is 16.4. The van der Waals surface area contributed by atoms with Gasteiger partial charge in [-0.2, -0.15) is 18.3 Å². The van der Waals surface area contributed by atoms with E-state index >= 15 is 0 Å². The van der Waals surface area contributed by atoms with Crippen LogP contribution in [0.3, 0.4) is 0 Å². The lowest BCUT2D eigenvalue weighted by atomic mass is 9.97. The Morgan fingerprint density at radius 2 is 1.86 bits per heavy atom. The van der Waals surface area contributed by atoms with Gasteiger partial charge >= 0.3 is 6.18 Å². The average Bonchev–Trinajstić information content (AvgIpc) is 2.87. The molecular formula is C19H15BrF4N4O. The minimum absolute atomic E-state index is 0.0289. The number of benzene rings is 2. The molecule has 0 fully saturated rings. The zero-order valence-electron chi connectivity index (χ0n) is 14.8. The lowest BCUT2D eigenvalue weighted by Gasteiger charge is -2.14. The quantitative estimate of drug-likeness (QED) is 0.306. The van der Waals surface area contributed by atoms with Crippen molar-refractivity contribution in [1.82, 2.24) is 5.43 Å². The van der Waals surface area contributed by atoms with Crippen molar-refractivity contribution >= 4 is 38.9 Å². The van der Waals surface area contributed by atoms with Crippen LogP contribution < -0.4 is 5.43 Å². The number of aliphatic imine (C=N–C) groups is 2. The fourth-order valence-electron chi connectivity index (χ4n) is 2.69. The number of aliphatic hydroxyl groups is 1. The molecule has 0 aliphatic carbocycles. The first kappa shape index (κ1) is 21.1. The lowest BCUT2D eigenvalue weighted by Crippen LogP contribution is -2.24. The molecule has 29 heavy (non-hydrogen) atoms. The minimum Gasteiger partial charge on any atom is -0.390 e. The van der Waals surface area contributed by atoms with E-state index in [9.17, 15) is 22.7 Å². The summed E-state index contributed by atoms with van der Waals surface area (Å²) in [6.45, 7) is -0.500. The van der Waals surface area contributed by atoms with Gasteiger partial charge in [-0.25, -0.2) is 9.38 Å². The van der Waals surface area contributed by atoms with E-state index in [1.54, 1.807) is 6.07 Å². The number of nitrogens with one attached hydrogen (secondary N) is 1. The number of aliphatic hydroxyl groups excluding tert-OH is 1. The van der Waals surface area contributed by atoms with Gasteiger partial charge in [-0.15, -0.1) is 0 Å². The minimum atomic E-state index is -4.67. The van der Waals surface area contributed by atoms with Crippen LogP contribution in [-0.4, -0.2) is 40.8 Å². The second kappa shape index (κ2) is 8.83. The molecule has 0 amide bonds. The van der Waals surface area contributed by atoms with Gasteiger partial charge in [0.2, 0.25) is 0 Å². The van der Waals surface area contributed by atoms with Gasteiger partial charge in [-0.3, -0.25) is 10.4 Å². The SMILES string of the molecule is OCC(CBr)=NNC1=Nc2c(cccc2C(F)(F)F)C(c2ccccc2F)=NC1. The van der Waals surface area contributed by atoms with Crippen molar-refractivity contribution < 1.29 is 22.7 Å². The molecule has 2 aromatic carbocycles. The van der Waals surface area contributed by atoms with Crippen LogP contribution in [0.1, 0.15) is 16.7 Å². The molecule has 0 saturated heterocycles. The molecule has 152 valence electrons. The van der Waals surface area contributed by atoms with Gasteiger partial charge in [-0.1, -0.05) is 40.2 Å². The van der Waals surface area contributed by atoms with E-state index in [-0.39, 0.29) is 46.8 Å². The third-order valence-corrected chi connectivity index (χ3v) is 4.69. The molecule has 10 heteroatoms. The molecule has 0 aromatic heterocycles. The van der Waals surface area contributed by atoms with Crippen LogP contribution in [0.2, 0.25) is 0 Å². The smallest absolute Gasteiger partial charge is 0.390 e. The molecule has 0 saturated carbocycles. The van der Waals surface area contributed by atoms with Crippen molar-refractivity contribution in [3.05, 3.63) is 65.0 Å².